The van der Waals surface area contributed by atoms with E-state index in [0.29, 0.717) is 16.7 Å². The number of halogens is 1. The molecule has 5 heteroatoms. The molecule has 2 aromatic carbocycles. The van der Waals surface area contributed by atoms with E-state index in [0.717, 1.165) is 5.56 Å². The summed E-state index contributed by atoms with van der Waals surface area (Å²) in [7, 11) is -3.57. The van der Waals surface area contributed by atoms with E-state index in [-0.39, 0.29) is 4.90 Å². The van der Waals surface area contributed by atoms with E-state index in [4.69, 9.17) is 0 Å². The SMILES string of the molecule is CCN(c1cccc(C)c1)S(=O)(=O)c1ccccc1Br. The van der Waals surface area contributed by atoms with Gasteiger partial charge in [-0.2, -0.15) is 0 Å². The first kappa shape index (κ1) is 15.1. The van der Waals surface area contributed by atoms with Crippen LogP contribution in [0.5, 0.6) is 0 Å². The Morgan fingerprint density at radius 3 is 2.40 bits per heavy atom. The van der Waals surface area contributed by atoms with Gasteiger partial charge in [0.25, 0.3) is 10.0 Å². The molecule has 0 saturated carbocycles. The molecule has 0 amide bonds. The van der Waals surface area contributed by atoms with Crippen LogP contribution in [-0.4, -0.2) is 15.0 Å². The highest BCUT2D eigenvalue weighted by molar-refractivity contribution is 9.10. The maximum absolute atomic E-state index is 12.8. The van der Waals surface area contributed by atoms with Crippen molar-refractivity contribution in [1.29, 1.82) is 0 Å². The van der Waals surface area contributed by atoms with Crippen LogP contribution in [0.3, 0.4) is 0 Å². The van der Waals surface area contributed by atoms with Crippen LogP contribution >= 0.6 is 15.9 Å². The summed E-state index contributed by atoms with van der Waals surface area (Å²) >= 11 is 3.31. The molecule has 0 aliphatic rings. The van der Waals surface area contributed by atoms with Gasteiger partial charge in [-0.25, -0.2) is 8.42 Å². The van der Waals surface area contributed by atoms with Crippen LogP contribution in [0.2, 0.25) is 0 Å². The molecule has 0 aliphatic carbocycles. The Bertz CT molecular complexity index is 713. The summed E-state index contributed by atoms with van der Waals surface area (Å²) in [6.07, 6.45) is 0. The summed E-state index contributed by atoms with van der Waals surface area (Å²) in [5, 5.41) is 0. The summed E-state index contributed by atoms with van der Waals surface area (Å²) < 4.78 is 27.6. The lowest BCUT2D eigenvalue weighted by Crippen LogP contribution is -2.31. The average Bonchev–Trinajstić information content (AvgIpc) is 2.39. The maximum atomic E-state index is 12.8. The lowest BCUT2D eigenvalue weighted by atomic mass is 10.2. The minimum atomic E-state index is -3.57. The molecular weight excluding hydrogens is 338 g/mol. The maximum Gasteiger partial charge on any atom is 0.265 e. The molecule has 0 spiro atoms. The standard InChI is InChI=1S/C15H16BrNO2S/c1-3-17(13-8-6-7-12(2)11-13)20(18,19)15-10-5-4-9-14(15)16/h4-11H,3H2,1-2H3. The molecule has 0 aromatic heterocycles. The molecule has 2 aromatic rings. The van der Waals surface area contributed by atoms with Crippen LogP contribution < -0.4 is 4.31 Å². The van der Waals surface area contributed by atoms with Crippen LogP contribution in [0, 0.1) is 6.92 Å². The number of aryl methyl sites for hydroxylation is 1. The predicted octanol–water partition coefficient (Wildman–Crippen LogP) is 3.97. The van der Waals surface area contributed by atoms with Gasteiger partial charge in [0.05, 0.1) is 5.69 Å². The van der Waals surface area contributed by atoms with E-state index in [9.17, 15) is 8.42 Å². The molecule has 0 aliphatic heterocycles. The van der Waals surface area contributed by atoms with Gasteiger partial charge >= 0.3 is 0 Å². The van der Waals surface area contributed by atoms with Crippen molar-refractivity contribution in [2.75, 3.05) is 10.8 Å². The molecule has 0 saturated heterocycles. The highest BCUT2D eigenvalue weighted by Crippen LogP contribution is 2.28. The fraction of sp³-hybridized carbons (Fsp3) is 0.200. The summed E-state index contributed by atoms with van der Waals surface area (Å²) in [6.45, 7) is 4.16. The van der Waals surface area contributed by atoms with Crippen LogP contribution in [0.25, 0.3) is 0 Å². The monoisotopic (exact) mass is 353 g/mol. The molecule has 0 radical (unpaired) electrons. The minimum Gasteiger partial charge on any atom is -0.267 e. The van der Waals surface area contributed by atoms with Crippen molar-refractivity contribution >= 4 is 31.6 Å². The van der Waals surface area contributed by atoms with Gasteiger partial charge in [0.2, 0.25) is 0 Å². The van der Waals surface area contributed by atoms with E-state index in [1.54, 1.807) is 24.3 Å². The zero-order valence-electron chi connectivity index (χ0n) is 11.4. The first-order valence-corrected chi connectivity index (χ1v) is 8.54. The fourth-order valence-electron chi connectivity index (χ4n) is 2.05. The number of benzene rings is 2. The lowest BCUT2D eigenvalue weighted by molar-refractivity contribution is 0.591. The van der Waals surface area contributed by atoms with Gasteiger partial charge in [-0.1, -0.05) is 24.3 Å². The zero-order valence-corrected chi connectivity index (χ0v) is 13.8. The third-order valence-electron chi connectivity index (χ3n) is 2.98. The molecule has 2 rings (SSSR count). The van der Waals surface area contributed by atoms with E-state index >= 15 is 0 Å². The molecular formula is C15H16BrNO2S. The molecule has 106 valence electrons. The second-order valence-electron chi connectivity index (χ2n) is 4.44. The molecule has 20 heavy (non-hydrogen) atoms. The van der Waals surface area contributed by atoms with Crippen LogP contribution in [0.1, 0.15) is 12.5 Å². The van der Waals surface area contributed by atoms with Crippen molar-refractivity contribution in [3.05, 3.63) is 58.6 Å². The third kappa shape index (κ3) is 2.88. The smallest absolute Gasteiger partial charge is 0.265 e. The van der Waals surface area contributed by atoms with Gasteiger partial charge in [-0.05, 0) is 59.6 Å². The molecule has 0 heterocycles. The van der Waals surface area contributed by atoms with Gasteiger partial charge in [-0.3, -0.25) is 4.31 Å². The van der Waals surface area contributed by atoms with Gasteiger partial charge in [-0.15, -0.1) is 0 Å². The van der Waals surface area contributed by atoms with Crippen molar-refractivity contribution in [3.63, 3.8) is 0 Å². The second kappa shape index (κ2) is 5.97. The summed E-state index contributed by atoms with van der Waals surface area (Å²) in [4.78, 5) is 0.281. The molecule has 0 N–H and O–H groups in total. The topological polar surface area (TPSA) is 37.4 Å². The molecule has 0 fully saturated rings. The van der Waals surface area contributed by atoms with Gasteiger partial charge < -0.3 is 0 Å². The summed E-state index contributed by atoms with van der Waals surface area (Å²) in [5.74, 6) is 0. The first-order chi connectivity index (χ1) is 9.46. The number of hydrogen-bond donors (Lipinski definition) is 0. The van der Waals surface area contributed by atoms with Crippen molar-refractivity contribution in [2.24, 2.45) is 0 Å². The Morgan fingerprint density at radius 2 is 1.80 bits per heavy atom. The number of sulfonamides is 1. The molecule has 0 atom stereocenters. The Labute approximate surface area is 128 Å². The number of rotatable bonds is 4. The largest absolute Gasteiger partial charge is 0.267 e. The zero-order chi connectivity index (χ0) is 14.8. The molecule has 0 unspecified atom stereocenters. The highest BCUT2D eigenvalue weighted by Gasteiger charge is 2.25. The lowest BCUT2D eigenvalue weighted by Gasteiger charge is -2.23. The number of anilines is 1. The fourth-order valence-corrected chi connectivity index (χ4v) is 4.48. The Kier molecular flexibility index (Phi) is 4.50. The Morgan fingerprint density at radius 1 is 1.10 bits per heavy atom. The second-order valence-corrected chi connectivity index (χ2v) is 7.12. The quantitative estimate of drug-likeness (QED) is 0.833. The van der Waals surface area contributed by atoms with E-state index in [1.165, 1.54) is 4.31 Å². The predicted molar refractivity (Wildman–Crippen MR) is 85.5 cm³/mol. The first-order valence-electron chi connectivity index (χ1n) is 6.30. The average molecular weight is 354 g/mol. The van der Waals surface area contributed by atoms with E-state index < -0.39 is 10.0 Å². The van der Waals surface area contributed by atoms with Crippen molar-refractivity contribution in [3.8, 4) is 0 Å². The van der Waals surface area contributed by atoms with Crippen molar-refractivity contribution in [1.82, 2.24) is 0 Å². The summed E-state index contributed by atoms with van der Waals surface area (Å²) in [6, 6.07) is 14.4. The van der Waals surface area contributed by atoms with Crippen molar-refractivity contribution in [2.45, 2.75) is 18.7 Å². The van der Waals surface area contributed by atoms with Gasteiger partial charge in [0.1, 0.15) is 4.90 Å². The van der Waals surface area contributed by atoms with E-state index in [2.05, 4.69) is 15.9 Å². The normalized spacial score (nSPS) is 11.3. The van der Waals surface area contributed by atoms with Gasteiger partial charge in [0, 0.05) is 11.0 Å². The molecule has 0 bridgehead atoms. The summed E-state index contributed by atoms with van der Waals surface area (Å²) in [5.41, 5.74) is 1.71. The number of hydrogen-bond acceptors (Lipinski definition) is 2. The van der Waals surface area contributed by atoms with Crippen molar-refractivity contribution < 1.29 is 8.42 Å². The number of nitrogens with zero attached hydrogens (tertiary/aromatic N) is 1. The highest BCUT2D eigenvalue weighted by atomic mass is 79.9. The Balaban J connectivity index is 2.54. The van der Waals surface area contributed by atoms with Crippen LogP contribution in [0.4, 0.5) is 5.69 Å². The van der Waals surface area contributed by atoms with Crippen LogP contribution in [-0.2, 0) is 10.0 Å². The Hall–Kier alpha value is -1.33. The minimum absolute atomic E-state index is 0.281. The third-order valence-corrected chi connectivity index (χ3v) is 5.90. The van der Waals surface area contributed by atoms with Crippen LogP contribution in [0.15, 0.2) is 57.9 Å². The van der Waals surface area contributed by atoms with E-state index in [1.807, 2.05) is 38.1 Å². The van der Waals surface area contributed by atoms with Gasteiger partial charge in [0.15, 0.2) is 0 Å². The molecule has 3 nitrogen and oxygen atoms in total.